The number of aromatic nitrogens is 1. The highest BCUT2D eigenvalue weighted by molar-refractivity contribution is 7.85. The number of hydrogen-bond acceptors (Lipinski definition) is 5. The number of aliphatic imine (C=N–C) groups is 2. The first-order valence-electron chi connectivity index (χ1n) is 10.8. The Morgan fingerprint density at radius 3 is 2.26 bits per heavy atom. The van der Waals surface area contributed by atoms with Crippen LogP contribution in [0.25, 0.3) is 12.2 Å². The Balaban J connectivity index is 1.57. The predicted octanol–water partition coefficient (Wildman–Crippen LogP) is 2.40. The molecule has 4 aliphatic rings. The van der Waals surface area contributed by atoms with Gasteiger partial charge in [0.25, 0.3) is 10.1 Å². The molecule has 1 atom stereocenters. The van der Waals surface area contributed by atoms with Gasteiger partial charge in [-0.15, -0.1) is 0 Å². The Morgan fingerprint density at radius 2 is 1.53 bits per heavy atom. The van der Waals surface area contributed by atoms with Crippen molar-refractivity contribution < 1.29 is 13.0 Å². The first kappa shape index (κ1) is 20.6. The van der Waals surface area contributed by atoms with Gasteiger partial charge in [0.05, 0.1) is 33.3 Å². The minimum Gasteiger partial charge on any atom is -0.372 e. The molecule has 0 saturated carbocycles. The van der Waals surface area contributed by atoms with Gasteiger partial charge in [-0.1, -0.05) is 24.3 Å². The van der Waals surface area contributed by atoms with Gasteiger partial charge in [-0.2, -0.15) is 8.42 Å². The van der Waals surface area contributed by atoms with E-state index in [0.29, 0.717) is 17.7 Å². The molecule has 1 aromatic carbocycles. The minimum absolute atomic E-state index is 0.136. The zero-order chi connectivity index (χ0) is 23.3. The summed E-state index contributed by atoms with van der Waals surface area (Å²) in [5, 5.41) is 5.34. The molecule has 168 valence electrons. The lowest BCUT2D eigenvalue weighted by molar-refractivity contribution is 0.464. The number of aromatic amines is 1. The highest BCUT2D eigenvalue weighted by atomic mass is 32.2. The number of nitrogens with zero attached hydrogens (tertiary/aromatic N) is 2. The smallest absolute Gasteiger partial charge is 0.294 e. The SMILES string of the molecule is O=S(=O)(O)c1ccccc1C12/C=C3/C=CC(=N3)/C=c3/cc/c([nH]3)=C/C3=NC(=C\C(=CC1)N2)/C=C3. The zero-order valence-corrected chi connectivity index (χ0v) is 18.8. The number of benzene rings is 1. The van der Waals surface area contributed by atoms with Crippen LogP contribution in [0.3, 0.4) is 0 Å². The Bertz CT molecular complexity index is 1680. The maximum Gasteiger partial charge on any atom is 0.294 e. The average molecular weight is 469 g/mol. The van der Waals surface area contributed by atoms with Gasteiger partial charge in [-0.25, -0.2) is 9.98 Å². The van der Waals surface area contributed by atoms with Crippen molar-refractivity contribution in [2.75, 3.05) is 0 Å². The van der Waals surface area contributed by atoms with Crippen molar-refractivity contribution in [3.63, 3.8) is 0 Å². The summed E-state index contributed by atoms with van der Waals surface area (Å²) >= 11 is 0. The summed E-state index contributed by atoms with van der Waals surface area (Å²) in [4.78, 5) is 12.6. The molecule has 1 aromatic heterocycles. The van der Waals surface area contributed by atoms with E-state index in [2.05, 4.69) is 15.3 Å². The second-order valence-corrected chi connectivity index (χ2v) is 9.86. The van der Waals surface area contributed by atoms with Crippen LogP contribution in [0.1, 0.15) is 12.0 Å². The molecule has 4 aliphatic heterocycles. The van der Waals surface area contributed by atoms with Crippen LogP contribution < -0.4 is 16.0 Å². The molecule has 6 rings (SSSR count). The highest BCUT2D eigenvalue weighted by Crippen LogP contribution is 2.39. The third-order valence-electron chi connectivity index (χ3n) is 6.06. The van der Waals surface area contributed by atoms with Crippen LogP contribution >= 0.6 is 0 Å². The molecule has 0 radical (unpaired) electrons. The van der Waals surface area contributed by atoms with Crippen LogP contribution in [0, 0.1) is 0 Å². The van der Waals surface area contributed by atoms with Crippen LogP contribution in [0.4, 0.5) is 0 Å². The molecule has 8 bridgehead atoms. The van der Waals surface area contributed by atoms with Gasteiger partial charge in [0.15, 0.2) is 0 Å². The fourth-order valence-electron chi connectivity index (χ4n) is 4.57. The van der Waals surface area contributed by atoms with Crippen molar-refractivity contribution in [3.8, 4) is 0 Å². The third kappa shape index (κ3) is 3.72. The third-order valence-corrected chi connectivity index (χ3v) is 6.97. The van der Waals surface area contributed by atoms with Crippen LogP contribution in [0.2, 0.25) is 0 Å². The van der Waals surface area contributed by atoms with Gasteiger partial charge in [-0.3, -0.25) is 4.55 Å². The molecule has 1 unspecified atom stereocenters. The van der Waals surface area contributed by atoms with Gasteiger partial charge < -0.3 is 10.3 Å². The van der Waals surface area contributed by atoms with Gasteiger partial charge in [0, 0.05) is 22.0 Å². The van der Waals surface area contributed by atoms with Crippen LogP contribution in [0.15, 0.2) is 111 Å². The summed E-state index contributed by atoms with van der Waals surface area (Å²) in [6.45, 7) is 0. The Labute approximate surface area is 196 Å². The van der Waals surface area contributed by atoms with Gasteiger partial charge in [-0.05, 0) is 73.2 Å². The number of hydrogen-bond donors (Lipinski definition) is 3. The van der Waals surface area contributed by atoms with Crippen LogP contribution in [0.5, 0.6) is 0 Å². The van der Waals surface area contributed by atoms with Crippen molar-refractivity contribution in [1.82, 2.24) is 10.3 Å². The van der Waals surface area contributed by atoms with E-state index in [4.69, 9.17) is 4.99 Å². The Kier molecular flexibility index (Phi) is 4.55. The number of H-pyrrole nitrogens is 1. The summed E-state index contributed by atoms with van der Waals surface area (Å²) in [6, 6.07) is 10.5. The molecular formula is C26H20N4O3S. The van der Waals surface area contributed by atoms with Crippen molar-refractivity contribution in [2.45, 2.75) is 16.9 Å². The van der Waals surface area contributed by atoms with E-state index in [1.807, 2.05) is 66.8 Å². The number of allylic oxidation sites excluding steroid dienone is 5. The van der Waals surface area contributed by atoms with Gasteiger partial charge in [0.1, 0.15) is 0 Å². The molecule has 3 N–H and O–H groups in total. The fraction of sp³-hybridized carbons (Fsp3) is 0.0769. The van der Waals surface area contributed by atoms with E-state index in [9.17, 15) is 13.0 Å². The number of rotatable bonds is 2. The van der Waals surface area contributed by atoms with E-state index in [0.717, 1.165) is 33.5 Å². The van der Waals surface area contributed by atoms with Crippen molar-refractivity contribution in [3.05, 3.63) is 112 Å². The van der Waals surface area contributed by atoms with E-state index in [-0.39, 0.29) is 4.90 Å². The van der Waals surface area contributed by atoms with Crippen molar-refractivity contribution in [2.24, 2.45) is 9.98 Å². The summed E-state index contributed by atoms with van der Waals surface area (Å²) < 4.78 is 34.4. The first-order chi connectivity index (χ1) is 16.4. The van der Waals surface area contributed by atoms with Crippen LogP contribution in [-0.4, -0.2) is 29.4 Å². The van der Waals surface area contributed by atoms with E-state index in [1.165, 1.54) is 6.07 Å². The monoisotopic (exact) mass is 468 g/mol. The number of nitrogens with one attached hydrogen (secondary N) is 2. The van der Waals surface area contributed by atoms with Crippen LogP contribution in [-0.2, 0) is 15.7 Å². The second-order valence-electron chi connectivity index (χ2n) is 8.47. The van der Waals surface area contributed by atoms with Gasteiger partial charge >= 0.3 is 0 Å². The lowest BCUT2D eigenvalue weighted by Gasteiger charge is -2.30. The molecule has 0 amide bonds. The highest BCUT2D eigenvalue weighted by Gasteiger charge is 2.38. The van der Waals surface area contributed by atoms with Crippen molar-refractivity contribution >= 4 is 33.7 Å². The average Bonchev–Trinajstić information content (AvgIpc) is 3.59. The molecule has 8 heteroatoms. The van der Waals surface area contributed by atoms with E-state index >= 15 is 0 Å². The standard InChI is InChI=1S/C26H20N4O3S/c31-34(32,33)25-4-2-1-3-24(25)26-12-11-22(30-26)15-21-8-7-18(28-21)13-17-5-6-19(27-17)14-20-9-10-23(16-26)29-20/h1-11,13-16,27,30H,12H2,(H,31,32,33)/b17-13-,19-14-,21-15-,23-16-. The minimum atomic E-state index is -4.44. The summed E-state index contributed by atoms with van der Waals surface area (Å²) in [5.74, 6) is 0. The fourth-order valence-corrected chi connectivity index (χ4v) is 5.35. The van der Waals surface area contributed by atoms with Crippen molar-refractivity contribution in [1.29, 1.82) is 0 Å². The summed E-state index contributed by atoms with van der Waals surface area (Å²) in [6.07, 6.45) is 17.9. The van der Waals surface area contributed by atoms with E-state index < -0.39 is 15.7 Å². The predicted molar refractivity (Wildman–Crippen MR) is 132 cm³/mol. The first-order valence-corrected chi connectivity index (χ1v) is 12.2. The zero-order valence-electron chi connectivity index (χ0n) is 17.9. The lowest BCUT2D eigenvalue weighted by Crippen LogP contribution is -2.37. The molecule has 0 fully saturated rings. The van der Waals surface area contributed by atoms with Gasteiger partial charge in [0.2, 0.25) is 0 Å². The Morgan fingerprint density at radius 1 is 0.853 bits per heavy atom. The molecule has 0 aliphatic carbocycles. The molecule has 2 aromatic rings. The van der Waals surface area contributed by atoms with E-state index in [1.54, 1.807) is 18.2 Å². The Hall–Kier alpha value is -4.01. The molecule has 34 heavy (non-hydrogen) atoms. The summed E-state index contributed by atoms with van der Waals surface area (Å²) in [7, 11) is -4.44. The number of fused-ring (bicyclic) bond motifs is 6. The summed E-state index contributed by atoms with van der Waals surface area (Å²) in [5.41, 5.74) is 3.41. The molecular weight excluding hydrogens is 448 g/mol. The maximum atomic E-state index is 12.2. The normalized spacial score (nSPS) is 27.7. The second kappa shape index (κ2) is 7.51. The topological polar surface area (TPSA) is 107 Å². The molecule has 0 spiro atoms. The lowest BCUT2D eigenvalue weighted by atomic mass is 9.87. The maximum absolute atomic E-state index is 12.2. The largest absolute Gasteiger partial charge is 0.372 e. The molecule has 5 heterocycles. The quantitative estimate of drug-likeness (QED) is 0.589. The molecule has 7 nitrogen and oxygen atoms in total. The molecule has 0 saturated heterocycles.